The minimum atomic E-state index is -4.18. The van der Waals surface area contributed by atoms with E-state index in [1.165, 1.54) is 13.3 Å². The number of benzene rings is 1. The number of amides is 1. The maximum Gasteiger partial charge on any atom is 0.391 e. The van der Waals surface area contributed by atoms with Crippen LogP contribution in [0.1, 0.15) is 37.0 Å². The van der Waals surface area contributed by atoms with Gasteiger partial charge in [-0.2, -0.15) is 13.2 Å². The highest BCUT2D eigenvalue weighted by atomic mass is 19.4. The second-order valence-corrected chi connectivity index (χ2v) is 8.25. The van der Waals surface area contributed by atoms with Crippen LogP contribution in [0.25, 0.3) is 10.9 Å². The smallest absolute Gasteiger partial charge is 0.391 e. The van der Waals surface area contributed by atoms with Crippen molar-refractivity contribution in [3.8, 4) is 5.75 Å². The fourth-order valence-corrected chi connectivity index (χ4v) is 3.81. The second-order valence-electron chi connectivity index (χ2n) is 8.25. The predicted molar refractivity (Wildman–Crippen MR) is 112 cm³/mol. The van der Waals surface area contributed by atoms with Crippen LogP contribution < -0.4 is 15.0 Å². The van der Waals surface area contributed by atoms with Crippen molar-refractivity contribution in [2.75, 3.05) is 31.7 Å². The Hall–Kier alpha value is -2.55. The van der Waals surface area contributed by atoms with Crippen LogP contribution in [0.3, 0.4) is 0 Å². The molecule has 1 saturated heterocycles. The molecule has 2 aromatic rings. The summed E-state index contributed by atoms with van der Waals surface area (Å²) >= 11 is 0. The summed E-state index contributed by atoms with van der Waals surface area (Å²) < 4.78 is 44.4. The van der Waals surface area contributed by atoms with E-state index >= 15 is 0 Å². The molecule has 0 saturated carbocycles. The van der Waals surface area contributed by atoms with Gasteiger partial charge in [0.25, 0.3) is 5.91 Å². The molecule has 31 heavy (non-hydrogen) atoms. The summed E-state index contributed by atoms with van der Waals surface area (Å²) in [6.07, 6.45) is -2.67. The number of ether oxygens (including phenoxy) is 1. The second kappa shape index (κ2) is 9.30. The van der Waals surface area contributed by atoms with Gasteiger partial charge in [0.15, 0.2) is 0 Å². The third kappa shape index (κ3) is 5.20. The van der Waals surface area contributed by atoms with Gasteiger partial charge in [-0.15, -0.1) is 0 Å². The molecule has 1 aromatic carbocycles. The first kappa shape index (κ1) is 23.1. The first-order valence-electron chi connectivity index (χ1n) is 10.3. The van der Waals surface area contributed by atoms with E-state index < -0.39 is 12.1 Å². The summed E-state index contributed by atoms with van der Waals surface area (Å²) in [7, 11) is 1.51. The molecule has 0 unspecified atom stereocenters. The standard InChI is InChI=1S/C22H28F3N3O3/c1-13(2)18(12-29)27-21(30)15-8-14-9-17(31-3)10-19(20(14)26-11-15)28-6-4-16(5-7-28)22(23,24)25/h8-11,13,16,18,29H,4-7,12H2,1-3H3,(H,27,30)/t18-/m0/s1. The van der Waals surface area contributed by atoms with Gasteiger partial charge in [-0.05, 0) is 30.9 Å². The van der Waals surface area contributed by atoms with E-state index in [9.17, 15) is 23.1 Å². The Labute approximate surface area is 179 Å². The molecule has 3 rings (SSSR count). The number of aliphatic hydroxyl groups is 1. The van der Waals surface area contributed by atoms with Gasteiger partial charge in [0.05, 0.1) is 42.4 Å². The van der Waals surface area contributed by atoms with Gasteiger partial charge in [0.1, 0.15) is 5.75 Å². The van der Waals surface area contributed by atoms with Gasteiger partial charge >= 0.3 is 6.18 Å². The number of fused-ring (bicyclic) bond motifs is 1. The first-order chi connectivity index (χ1) is 14.6. The van der Waals surface area contributed by atoms with Gasteiger partial charge in [-0.25, -0.2) is 0 Å². The van der Waals surface area contributed by atoms with Gasteiger partial charge in [-0.1, -0.05) is 13.8 Å². The van der Waals surface area contributed by atoms with Crippen molar-refractivity contribution in [3.05, 3.63) is 30.0 Å². The van der Waals surface area contributed by atoms with Crippen molar-refractivity contribution in [3.63, 3.8) is 0 Å². The molecule has 1 atom stereocenters. The lowest BCUT2D eigenvalue weighted by atomic mass is 9.95. The Bertz CT molecular complexity index is 925. The van der Waals surface area contributed by atoms with Crippen LogP contribution in [0, 0.1) is 11.8 Å². The Kier molecular flexibility index (Phi) is 6.93. The number of piperidine rings is 1. The van der Waals surface area contributed by atoms with Crippen molar-refractivity contribution in [1.82, 2.24) is 10.3 Å². The van der Waals surface area contributed by atoms with Crippen LogP contribution in [0.5, 0.6) is 5.75 Å². The third-order valence-corrected chi connectivity index (χ3v) is 5.85. The number of rotatable bonds is 6. The number of anilines is 1. The molecule has 1 aromatic heterocycles. The lowest BCUT2D eigenvalue weighted by Gasteiger charge is -2.34. The minimum absolute atomic E-state index is 0.0282. The number of methoxy groups -OCH3 is 1. The number of aromatic nitrogens is 1. The number of hydrogen-bond acceptors (Lipinski definition) is 5. The summed E-state index contributed by atoms with van der Waals surface area (Å²) in [5.74, 6) is -1.04. The molecule has 2 N–H and O–H groups in total. The fourth-order valence-electron chi connectivity index (χ4n) is 3.81. The van der Waals surface area contributed by atoms with Gasteiger partial charge in [0.2, 0.25) is 0 Å². The van der Waals surface area contributed by atoms with E-state index in [1.807, 2.05) is 18.7 Å². The summed E-state index contributed by atoms with van der Waals surface area (Å²) in [4.78, 5) is 19.0. The number of halogens is 3. The van der Waals surface area contributed by atoms with E-state index in [0.717, 1.165) is 0 Å². The van der Waals surface area contributed by atoms with E-state index in [2.05, 4.69) is 10.3 Å². The first-order valence-corrected chi connectivity index (χ1v) is 10.3. The van der Waals surface area contributed by atoms with Crippen LogP contribution in [0.15, 0.2) is 24.4 Å². The molecule has 0 radical (unpaired) electrons. The molecule has 6 nitrogen and oxygen atoms in total. The van der Waals surface area contributed by atoms with Gasteiger partial charge in [-0.3, -0.25) is 9.78 Å². The van der Waals surface area contributed by atoms with Crippen LogP contribution in [-0.2, 0) is 0 Å². The zero-order valence-corrected chi connectivity index (χ0v) is 17.9. The van der Waals surface area contributed by atoms with E-state index in [1.54, 1.807) is 18.2 Å². The fraction of sp³-hybridized carbons (Fsp3) is 0.545. The lowest BCUT2D eigenvalue weighted by Crippen LogP contribution is -2.41. The van der Waals surface area contributed by atoms with Crippen LogP contribution in [0.4, 0.5) is 18.9 Å². The van der Waals surface area contributed by atoms with Crippen molar-refractivity contribution < 1.29 is 27.8 Å². The average Bonchev–Trinajstić information content (AvgIpc) is 2.75. The quantitative estimate of drug-likeness (QED) is 0.717. The molecule has 1 fully saturated rings. The summed E-state index contributed by atoms with van der Waals surface area (Å²) in [5, 5.41) is 12.9. The number of nitrogens with one attached hydrogen (secondary N) is 1. The van der Waals surface area contributed by atoms with Crippen LogP contribution >= 0.6 is 0 Å². The molecule has 170 valence electrons. The normalized spacial score (nSPS) is 16.6. The number of nitrogens with zero attached hydrogens (tertiary/aromatic N) is 2. The van der Waals surface area contributed by atoms with Crippen molar-refractivity contribution >= 4 is 22.5 Å². The Morgan fingerprint density at radius 1 is 1.29 bits per heavy atom. The molecule has 0 aliphatic carbocycles. The molecule has 1 aliphatic heterocycles. The highest BCUT2D eigenvalue weighted by Gasteiger charge is 2.41. The molecule has 1 aliphatic rings. The van der Waals surface area contributed by atoms with Crippen molar-refractivity contribution in [1.29, 1.82) is 0 Å². The molecule has 1 amide bonds. The zero-order valence-electron chi connectivity index (χ0n) is 17.9. The van der Waals surface area contributed by atoms with E-state index in [-0.39, 0.29) is 50.4 Å². The van der Waals surface area contributed by atoms with Crippen LogP contribution in [-0.4, -0.2) is 55.0 Å². The van der Waals surface area contributed by atoms with Gasteiger partial charge in [0, 0.05) is 30.7 Å². The molecular weight excluding hydrogens is 411 g/mol. The van der Waals surface area contributed by atoms with E-state index in [4.69, 9.17) is 4.74 Å². The number of carbonyl (C=O) groups is 1. The maximum atomic E-state index is 13.0. The highest BCUT2D eigenvalue weighted by molar-refractivity contribution is 6.00. The molecule has 2 heterocycles. The maximum absolute atomic E-state index is 13.0. The van der Waals surface area contributed by atoms with E-state index in [0.29, 0.717) is 27.9 Å². The van der Waals surface area contributed by atoms with Crippen LogP contribution in [0.2, 0.25) is 0 Å². The molecule has 9 heteroatoms. The third-order valence-electron chi connectivity index (χ3n) is 5.85. The van der Waals surface area contributed by atoms with Gasteiger partial charge < -0.3 is 20.1 Å². The SMILES string of the molecule is COc1cc(N2CCC(C(F)(F)F)CC2)c2ncc(C(=O)N[C@@H](CO)C(C)C)cc2c1. The zero-order chi connectivity index (χ0) is 22.8. The number of aliphatic hydroxyl groups excluding tert-OH is 1. The number of alkyl halides is 3. The summed E-state index contributed by atoms with van der Waals surface area (Å²) in [6, 6.07) is 4.82. The Morgan fingerprint density at radius 3 is 2.52 bits per heavy atom. The van der Waals surface area contributed by atoms with Crippen molar-refractivity contribution in [2.24, 2.45) is 11.8 Å². The lowest BCUT2D eigenvalue weighted by molar-refractivity contribution is -0.179. The molecular formula is C22H28F3N3O3. The summed E-state index contributed by atoms with van der Waals surface area (Å²) in [5.41, 5.74) is 1.63. The van der Waals surface area contributed by atoms with Crippen molar-refractivity contribution in [2.45, 2.75) is 38.9 Å². The topological polar surface area (TPSA) is 74.7 Å². The monoisotopic (exact) mass is 439 g/mol. The minimum Gasteiger partial charge on any atom is -0.497 e. The molecule has 0 spiro atoms. The molecule has 0 bridgehead atoms. The average molecular weight is 439 g/mol. The summed E-state index contributed by atoms with van der Waals surface area (Å²) in [6.45, 7) is 4.17. The largest absolute Gasteiger partial charge is 0.497 e. The number of hydrogen-bond donors (Lipinski definition) is 2. The highest BCUT2D eigenvalue weighted by Crippen LogP contribution is 2.38. The number of pyridine rings is 1. The number of carbonyl (C=O) groups excluding carboxylic acids is 1. The Balaban J connectivity index is 1.89. The Morgan fingerprint density at radius 2 is 1.97 bits per heavy atom. The predicted octanol–water partition coefficient (Wildman–Crippen LogP) is 3.77.